The maximum absolute atomic E-state index is 11.6. The average molecular weight is 457 g/mol. The van der Waals surface area contributed by atoms with Crippen molar-refractivity contribution in [2.75, 3.05) is 0 Å². The van der Waals surface area contributed by atoms with Crippen LogP contribution in [-0.4, -0.2) is 30.6 Å². The molecule has 1 fully saturated rings. The number of nitrogens with zero attached hydrogens (tertiary/aromatic N) is 4. The molecule has 2 aromatic carbocycles. The maximum Gasteiger partial charge on any atom is 1.00 e. The van der Waals surface area contributed by atoms with Crippen LogP contribution in [0.15, 0.2) is 66.7 Å². The Labute approximate surface area is 219 Å². The predicted molar refractivity (Wildman–Crippen MR) is 127 cm³/mol. The second kappa shape index (κ2) is 8.95. The normalized spacial score (nSPS) is 13.2. The van der Waals surface area contributed by atoms with Gasteiger partial charge in [-0.05, 0) is 61.7 Å². The standard InChI is InChI=1S/C27H22N4O2.Na/c1-16-6-11-24-26(28-16)31(25(30-24)18-8-9-18)15-17-7-12-22-19(14-17)10-13-23(29-22)20-4-2-3-5-21(20)27(32)33;/h2-7,10-14,18H,8-9,15H2,1H3,(H,32,33);/q;+1. The van der Waals surface area contributed by atoms with Crippen molar-refractivity contribution in [3.63, 3.8) is 0 Å². The molecule has 0 unspecified atom stereocenters. The average Bonchev–Trinajstić information content (AvgIpc) is 3.62. The van der Waals surface area contributed by atoms with Crippen LogP contribution in [0.4, 0.5) is 0 Å². The Bertz CT molecular complexity index is 1560. The first kappa shape index (κ1) is 22.7. The third-order valence-electron chi connectivity index (χ3n) is 6.23. The molecule has 6 nitrogen and oxygen atoms in total. The van der Waals surface area contributed by atoms with E-state index in [1.165, 1.54) is 12.8 Å². The van der Waals surface area contributed by atoms with Gasteiger partial charge in [0.15, 0.2) is 5.65 Å². The van der Waals surface area contributed by atoms with Crippen molar-refractivity contribution in [1.29, 1.82) is 0 Å². The largest absolute Gasteiger partial charge is 1.00 e. The number of fused-ring (bicyclic) bond motifs is 2. The van der Waals surface area contributed by atoms with E-state index in [-0.39, 0.29) is 35.1 Å². The summed E-state index contributed by atoms with van der Waals surface area (Å²) in [6, 6.07) is 21.2. The number of carbonyl (C=O) groups is 1. The van der Waals surface area contributed by atoms with E-state index in [9.17, 15) is 9.90 Å². The Balaban J connectivity index is 0.00000241. The van der Waals surface area contributed by atoms with Crippen LogP contribution in [0, 0.1) is 6.92 Å². The number of rotatable bonds is 5. The van der Waals surface area contributed by atoms with Crippen molar-refractivity contribution in [3.8, 4) is 11.3 Å². The maximum atomic E-state index is 11.6. The van der Waals surface area contributed by atoms with Crippen molar-refractivity contribution < 1.29 is 39.5 Å². The van der Waals surface area contributed by atoms with E-state index in [2.05, 4.69) is 22.8 Å². The van der Waals surface area contributed by atoms with Gasteiger partial charge in [0.2, 0.25) is 0 Å². The summed E-state index contributed by atoms with van der Waals surface area (Å²) in [6.45, 7) is 2.72. The second-order valence-corrected chi connectivity index (χ2v) is 8.70. The van der Waals surface area contributed by atoms with Gasteiger partial charge >= 0.3 is 35.5 Å². The van der Waals surface area contributed by atoms with Gasteiger partial charge in [-0.3, -0.25) is 0 Å². The van der Waals surface area contributed by atoms with Crippen LogP contribution in [0.25, 0.3) is 33.3 Å². The summed E-state index contributed by atoms with van der Waals surface area (Å²) in [4.78, 5) is 26.0. The van der Waals surface area contributed by atoms with E-state index in [0.29, 0.717) is 23.7 Å². The number of benzene rings is 2. The SMILES string of the molecule is Cc1ccc2nc(C3CC3)n(Cc3ccc4nc(-c5ccccc5C(=O)O)ccc4c3)c2n1.[Na+]. The third-order valence-corrected chi connectivity index (χ3v) is 6.23. The molecular formula is C27H22N4NaO2+. The summed E-state index contributed by atoms with van der Waals surface area (Å²) in [7, 11) is 0. The summed E-state index contributed by atoms with van der Waals surface area (Å²) in [5.41, 5.74) is 6.41. The molecule has 1 N–H and O–H groups in total. The zero-order chi connectivity index (χ0) is 22.5. The number of carboxylic acid groups (broad SMARTS) is 1. The van der Waals surface area contributed by atoms with Crippen LogP contribution < -0.4 is 29.6 Å². The predicted octanol–water partition coefficient (Wildman–Crippen LogP) is 2.58. The smallest absolute Gasteiger partial charge is 0.478 e. The van der Waals surface area contributed by atoms with Crippen LogP contribution in [0.3, 0.4) is 0 Å². The molecular weight excluding hydrogens is 435 g/mol. The van der Waals surface area contributed by atoms with Crippen molar-refractivity contribution in [2.45, 2.75) is 32.2 Å². The quantitative estimate of drug-likeness (QED) is 0.411. The molecule has 1 saturated carbocycles. The molecule has 0 saturated heterocycles. The number of imidazole rings is 1. The molecule has 1 aliphatic rings. The summed E-state index contributed by atoms with van der Waals surface area (Å²) < 4.78 is 2.26. The van der Waals surface area contributed by atoms with Gasteiger partial charge in [0.25, 0.3) is 0 Å². The third kappa shape index (κ3) is 4.13. The van der Waals surface area contributed by atoms with E-state index in [0.717, 1.165) is 39.1 Å². The Morgan fingerprint density at radius 1 is 0.971 bits per heavy atom. The van der Waals surface area contributed by atoms with Gasteiger partial charge in [-0.25, -0.2) is 19.7 Å². The topological polar surface area (TPSA) is 80.9 Å². The fraction of sp³-hybridized carbons (Fsp3) is 0.185. The minimum Gasteiger partial charge on any atom is -0.478 e. The molecule has 7 heteroatoms. The Morgan fingerprint density at radius 2 is 1.76 bits per heavy atom. The molecule has 0 amide bonds. The summed E-state index contributed by atoms with van der Waals surface area (Å²) in [5.74, 6) is 0.700. The number of aromatic nitrogens is 4. The van der Waals surface area contributed by atoms with Crippen LogP contribution in [0.5, 0.6) is 0 Å². The zero-order valence-electron chi connectivity index (χ0n) is 19.2. The number of aromatic carboxylic acids is 1. The molecule has 34 heavy (non-hydrogen) atoms. The summed E-state index contributed by atoms with van der Waals surface area (Å²) in [6.07, 6.45) is 2.37. The van der Waals surface area contributed by atoms with Gasteiger partial charge in [-0.1, -0.05) is 30.3 Å². The molecule has 3 heterocycles. The second-order valence-electron chi connectivity index (χ2n) is 8.70. The molecule has 0 radical (unpaired) electrons. The van der Waals surface area contributed by atoms with E-state index in [4.69, 9.17) is 15.0 Å². The van der Waals surface area contributed by atoms with Crippen LogP contribution in [0.2, 0.25) is 0 Å². The fourth-order valence-corrected chi connectivity index (χ4v) is 4.42. The minimum absolute atomic E-state index is 0. The summed E-state index contributed by atoms with van der Waals surface area (Å²) >= 11 is 0. The Morgan fingerprint density at radius 3 is 2.56 bits per heavy atom. The van der Waals surface area contributed by atoms with E-state index in [1.807, 2.05) is 37.3 Å². The number of carboxylic acids is 1. The Kier molecular flexibility index (Phi) is 5.98. The van der Waals surface area contributed by atoms with E-state index < -0.39 is 5.97 Å². The van der Waals surface area contributed by atoms with Gasteiger partial charge in [-0.2, -0.15) is 0 Å². The number of hydrogen-bond acceptors (Lipinski definition) is 4. The Hall–Kier alpha value is -3.06. The van der Waals surface area contributed by atoms with E-state index in [1.54, 1.807) is 18.2 Å². The molecule has 3 aromatic heterocycles. The fourth-order valence-electron chi connectivity index (χ4n) is 4.42. The monoisotopic (exact) mass is 457 g/mol. The zero-order valence-corrected chi connectivity index (χ0v) is 21.2. The first-order chi connectivity index (χ1) is 16.1. The first-order valence-electron chi connectivity index (χ1n) is 11.1. The van der Waals surface area contributed by atoms with Crippen LogP contribution in [0.1, 0.15) is 46.2 Å². The molecule has 5 aromatic rings. The molecule has 0 bridgehead atoms. The van der Waals surface area contributed by atoms with Crippen molar-refractivity contribution in [2.24, 2.45) is 0 Å². The van der Waals surface area contributed by atoms with Crippen LogP contribution in [-0.2, 0) is 6.54 Å². The van der Waals surface area contributed by atoms with Crippen molar-refractivity contribution in [1.82, 2.24) is 19.5 Å². The molecule has 162 valence electrons. The van der Waals surface area contributed by atoms with Crippen LogP contribution >= 0.6 is 0 Å². The molecule has 6 rings (SSSR count). The first-order valence-corrected chi connectivity index (χ1v) is 11.1. The van der Waals surface area contributed by atoms with Gasteiger partial charge < -0.3 is 9.67 Å². The van der Waals surface area contributed by atoms with E-state index >= 15 is 0 Å². The number of aryl methyl sites for hydroxylation is 1. The molecule has 0 atom stereocenters. The van der Waals surface area contributed by atoms with Crippen molar-refractivity contribution >= 4 is 28.0 Å². The number of hydrogen-bond donors (Lipinski definition) is 1. The minimum atomic E-state index is -0.953. The summed E-state index contributed by atoms with van der Waals surface area (Å²) in [5, 5.41) is 10.5. The van der Waals surface area contributed by atoms with Gasteiger partial charge in [0.05, 0.1) is 23.3 Å². The molecule has 1 aliphatic carbocycles. The molecule has 0 aliphatic heterocycles. The van der Waals surface area contributed by atoms with Gasteiger partial charge in [-0.15, -0.1) is 0 Å². The van der Waals surface area contributed by atoms with Crippen molar-refractivity contribution in [3.05, 3.63) is 89.4 Å². The molecule has 0 spiro atoms. The van der Waals surface area contributed by atoms with Gasteiger partial charge in [0.1, 0.15) is 11.3 Å². The van der Waals surface area contributed by atoms with Gasteiger partial charge in [0, 0.05) is 22.6 Å². The number of pyridine rings is 2.